The number of aromatic nitrogens is 1. The molecule has 1 aromatic heterocycles. The third-order valence-electron chi connectivity index (χ3n) is 5.14. The Kier molecular flexibility index (Phi) is 5.20. The summed E-state index contributed by atoms with van der Waals surface area (Å²) in [5.41, 5.74) is 4.71. The molecule has 4 heteroatoms. The van der Waals surface area contributed by atoms with E-state index in [0.29, 0.717) is 28.3 Å². The number of fused-ring (bicyclic) bond motifs is 1. The van der Waals surface area contributed by atoms with E-state index >= 15 is 0 Å². The van der Waals surface area contributed by atoms with E-state index < -0.39 is 0 Å². The molecule has 0 saturated carbocycles. The van der Waals surface area contributed by atoms with Crippen LogP contribution in [0.2, 0.25) is 5.02 Å². The molecule has 4 rings (SSSR count). The van der Waals surface area contributed by atoms with E-state index in [1.807, 2.05) is 61.5 Å². The molecule has 4 aromatic rings. The Morgan fingerprint density at radius 2 is 1.72 bits per heavy atom. The number of halogens is 2. The maximum atomic E-state index is 14.3. The van der Waals surface area contributed by atoms with Crippen LogP contribution in [-0.2, 0) is 6.54 Å². The number of allylic oxidation sites excluding steroid dienone is 1. The smallest absolute Gasteiger partial charge is 0.128 e. The van der Waals surface area contributed by atoms with Crippen LogP contribution in [0.4, 0.5) is 4.39 Å². The molecule has 0 spiro atoms. The lowest BCUT2D eigenvalue weighted by Gasteiger charge is -2.09. The first-order chi connectivity index (χ1) is 14.1. The highest BCUT2D eigenvalue weighted by Crippen LogP contribution is 2.32. The summed E-state index contributed by atoms with van der Waals surface area (Å²) >= 11 is 6.31. The van der Waals surface area contributed by atoms with E-state index in [1.54, 1.807) is 18.2 Å². The number of nitriles is 1. The van der Waals surface area contributed by atoms with Gasteiger partial charge in [0.25, 0.3) is 0 Å². The van der Waals surface area contributed by atoms with Crippen molar-refractivity contribution in [2.45, 2.75) is 13.5 Å². The van der Waals surface area contributed by atoms with Gasteiger partial charge in [-0.25, -0.2) is 4.39 Å². The van der Waals surface area contributed by atoms with Crippen LogP contribution in [0.25, 0.3) is 22.6 Å². The Bertz CT molecular complexity index is 1280. The third-order valence-corrected chi connectivity index (χ3v) is 5.47. The van der Waals surface area contributed by atoms with Crippen molar-refractivity contribution in [1.29, 1.82) is 5.26 Å². The van der Waals surface area contributed by atoms with Crippen molar-refractivity contribution in [2.75, 3.05) is 0 Å². The van der Waals surface area contributed by atoms with Gasteiger partial charge < -0.3 is 4.57 Å². The van der Waals surface area contributed by atoms with Crippen molar-refractivity contribution in [1.82, 2.24) is 4.57 Å². The van der Waals surface area contributed by atoms with Crippen LogP contribution in [0.15, 0.2) is 72.8 Å². The minimum Gasteiger partial charge on any atom is -0.340 e. The van der Waals surface area contributed by atoms with Gasteiger partial charge in [-0.05, 0) is 31.2 Å². The van der Waals surface area contributed by atoms with E-state index in [2.05, 4.69) is 10.6 Å². The highest BCUT2D eigenvalue weighted by Gasteiger charge is 2.15. The second kappa shape index (κ2) is 7.95. The van der Waals surface area contributed by atoms with Gasteiger partial charge in [0.2, 0.25) is 0 Å². The van der Waals surface area contributed by atoms with Crippen molar-refractivity contribution >= 4 is 34.2 Å². The summed E-state index contributed by atoms with van der Waals surface area (Å²) in [6.45, 7) is 2.41. The molecule has 0 unspecified atom stereocenters. The number of benzene rings is 3. The first-order valence-electron chi connectivity index (χ1n) is 9.28. The molecule has 3 aromatic carbocycles. The van der Waals surface area contributed by atoms with Crippen molar-refractivity contribution in [3.05, 3.63) is 106 Å². The summed E-state index contributed by atoms with van der Waals surface area (Å²) in [7, 11) is 0. The van der Waals surface area contributed by atoms with Gasteiger partial charge in [0, 0.05) is 38.3 Å². The topological polar surface area (TPSA) is 28.7 Å². The molecule has 0 fully saturated rings. The van der Waals surface area contributed by atoms with Crippen LogP contribution in [-0.4, -0.2) is 4.57 Å². The van der Waals surface area contributed by atoms with E-state index in [0.717, 1.165) is 22.2 Å². The molecular weight excluding hydrogens is 383 g/mol. The summed E-state index contributed by atoms with van der Waals surface area (Å²) in [6.07, 6.45) is 1.87. The molecule has 0 aliphatic carbocycles. The number of hydrogen-bond donors (Lipinski definition) is 0. The van der Waals surface area contributed by atoms with Crippen molar-refractivity contribution < 1.29 is 4.39 Å². The van der Waals surface area contributed by atoms with Crippen LogP contribution in [0.3, 0.4) is 0 Å². The lowest BCUT2D eigenvalue weighted by atomic mass is 10.0. The zero-order valence-electron chi connectivity index (χ0n) is 15.9. The molecule has 0 atom stereocenters. The number of hydrogen-bond acceptors (Lipinski definition) is 1. The van der Waals surface area contributed by atoms with Gasteiger partial charge in [-0.15, -0.1) is 0 Å². The van der Waals surface area contributed by atoms with Gasteiger partial charge in [0.15, 0.2) is 0 Å². The van der Waals surface area contributed by atoms with Crippen molar-refractivity contribution in [3.63, 3.8) is 0 Å². The van der Waals surface area contributed by atoms with Crippen molar-refractivity contribution in [2.24, 2.45) is 0 Å². The van der Waals surface area contributed by atoms with Gasteiger partial charge in [-0.3, -0.25) is 0 Å². The normalized spacial score (nSPS) is 11.6. The fourth-order valence-electron chi connectivity index (χ4n) is 3.63. The van der Waals surface area contributed by atoms with Gasteiger partial charge >= 0.3 is 0 Å². The van der Waals surface area contributed by atoms with E-state index in [-0.39, 0.29) is 5.82 Å². The van der Waals surface area contributed by atoms with Crippen LogP contribution in [0, 0.1) is 24.1 Å². The predicted octanol–water partition coefficient (Wildman–Crippen LogP) is 6.85. The minimum absolute atomic E-state index is 0.226. The largest absolute Gasteiger partial charge is 0.340 e. The van der Waals surface area contributed by atoms with Gasteiger partial charge in [0.1, 0.15) is 5.82 Å². The average molecular weight is 401 g/mol. The fourth-order valence-corrected chi connectivity index (χ4v) is 3.87. The summed E-state index contributed by atoms with van der Waals surface area (Å²) in [6, 6.07) is 24.4. The standard InChI is InChI=1S/C25H18ClFN2/c1-17-22(14-19(15-28)20-9-3-5-11-23(20)26)21-10-4-7-13-25(21)29(17)16-18-8-2-6-12-24(18)27/h2-14H,16H2,1H3. The molecular formula is C25H18ClFN2. The van der Waals surface area contributed by atoms with Crippen LogP contribution in [0.5, 0.6) is 0 Å². The van der Waals surface area contributed by atoms with Crippen LogP contribution < -0.4 is 0 Å². The van der Waals surface area contributed by atoms with Gasteiger partial charge in [-0.2, -0.15) is 5.26 Å². The second-order valence-electron chi connectivity index (χ2n) is 6.84. The van der Waals surface area contributed by atoms with E-state index in [4.69, 9.17) is 11.6 Å². The van der Waals surface area contributed by atoms with E-state index in [1.165, 1.54) is 6.07 Å². The third kappa shape index (κ3) is 3.55. The predicted molar refractivity (Wildman–Crippen MR) is 117 cm³/mol. The van der Waals surface area contributed by atoms with Crippen LogP contribution in [0.1, 0.15) is 22.4 Å². The monoisotopic (exact) mass is 400 g/mol. The lowest BCUT2D eigenvalue weighted by Crippen LogP contribution is -2.03. The molecule has 1 heterocycles. The Hall–Kier alpha value is -3.35. The summed E-state index contributed by atoms with van der Waals surface area (Å²) in [4.78, 5) is 0. The highest BCUT2D eigenvalue weighted by atomic mass is 35.5. The maximum absolute atomic E-state index is 14.3. The SMILES string of the molecule is Cc1c(C=C(C#N)c2ccccc2Cl)c2ccccc2n1Cc1ccccc1F. The molecule has 0 N–H and O–H groups in total. The fraction of sp³-hybridized carbons (Fsp3) is 0.0800. The number of para-hydroxylation sites is 1. The Morgan fingerprint density at radius 1 is 1.03 bits per heavy atom. The Morgan fingerprint density at radius 3 is 2.48 bits per heavy atom. The number of nitrogens with zero attached hydrogens (tertiary/aromatic N) is 2. The lowest BCUT2D eigenvalue weighted by molar-refractivity contribution is 0.600. The zero-order valence-corrected chi connectivity index (χ0v) is 16.6. The molecule has 142 valence electrons. The molecule has 2 nitrogen and oxygen atoms in total. The molecule has 0 amide bonds. The molecule has 0 aliphatic rings. The molecule has 0 bridgehead atoms. The van der Waals surface area contributed by atoms with Crippen molar-refractivity contribution in [3.8, 4) is 6.07 Å². The number of rotatable bonds is 4. The molecule has 0 radical (unpaired) electrons. The second-order valence-corrected chi connectivity index (χ2v) is 7.25. The Balaban J connectivity index is 1.90. The van der Waals surface area contributed by atoms with Gasteiger partial charge in [0.05, 0.1) is 18.2 Å². The molecule has 0 saturated heterocycles. The minimum atomic E-state index is -0.226. The molecule has 29 heavy (non-hydrogen) atoms. The van der Waals surface area contributed by atoms with Gasteiger partial charge in [-0.1, -0.05) is 66.2 Å². The average Bonchev–Trinajstić information content (AvgIpc) is 3.00. The first-order valence-corrected chi connectivity index (χ1v) is 9.66. The highest BCUT2D eigenvalue weighted by molar-refractivity contribution is 6.32. The van der Waals surface area contributed by atoms with E-state index in [9.17, 15) is 9.65 Å². The zero-order chi connectivity index (χ0) is 20.4. The molecule has 0 aliphatic heterocycles. The quantitative estimate of drug-likeness (QED) is 0.344. The summed E-state index contributed by atoms with van der Waals surface area (Å²) in [5.74, 6) is -0.226. The van der Waals surface area contributed by atoms with Crippen LogP contribution >= 0.6 is 11.6 Å². The first kappa shape index (κ1) is 19.0. The Labute approximate surface area is 174 Å². The summed E-state index contributed by atoms with van der Waals surface area (Å²) < 4.78 is 16.3. The summed E-state index contributed by atoms with van der Waals surface area (Å²) in [5, 5.41) is 11.3. The maximum Gasteiger partial charge on any atom is 0.128 e.